The molecule has 4 rings (SSSR count). The standard InChI is InChI=1S/C22H26N4O2/c27-21-16-26(15-20(21)13-18-5-7-23-8-6-18)14-19-3-1-2-4-22(19)28-12-11-25-10-9-24-17-25/h1-10,17,20-21,27H,11-16H2/t20-,21-/m1/s1. The smallest absolute Gasteiger partial charge is 0.123 e. The van der Waals surface area contributed by atoms with Crippen LogP contribution in [0.5, 0.6) is 5.75 Å². The largest absolute Gasteiger partial charge is 0.491 e. The van der Waals surface area contributed by atoms with Crippen molar-refractivity contribution in [3.05, 3.63) is 78.6 Å². The Morgan fingerprint density at radius 3 is 2.71 bits per heavy atom. The first-order valence-electron chi connectivity index (χ1n) is 9.73. The van der Waals surface area contributed by atoms with E-state index in [0.29, 0.717) is 13.2 Å². The van der Waals surface area contributed by atoms with Gasteiger partial charge < -0.3 is 14.4 Å². The fraction of sp³-hybridized carbons (Fsp3) is 0.364. The second-order valence-electron chi connectivity index (χ2n) is 7.34. The average molecular weight is 378 g/mol. The molecule has 0 unspecified atom stereocenters. The lowest BCUT2D eigenvalue weighted by Gasteiger charge is -2.18. The van der Waals surface area contributed by atoms with E-state index in [-0.39, 0.29) is 12.0 Å². The van der Waals surface area contributed by atoms with Crippen LogP contribution in [0.25, 0.3) is 0 Å². The van der Waals surface area contributed by atoms with Gasteiger partial charge in [-0.05, 0) is 30.2 Å². The molecule has 1 fully saturated rings. The van der Waals surface area contributed by atoms with Gasteiger partial charge in [0.2, 0.25) is 0 Å². The number of aliphatic hydroxyl groups excluding tert-OH is 1. The fourth-order valence-electron chi connectivity index (χ4n) is 3.79. The number of hydrogen-bond acceptors (Lipinski definition) is 5. The zero-order valence-electron chi connectivity index (χ0n) is 15.9. The summed E-state index contributed by atoms with van der Waals surface area (Å²) in [6.45, 7) is 3.72. The van der Waals surface area contributed by atoms with Crippen LogP contribution < -0.4 is 4.74 Å². The molecule has 0 spiro atoms. The van der Waals surface area contributed by atoms with Crippen molar-refractivity contribution in [2.75, 3.05) is 19.7 Å². The van der Waals surface area contributed by atoms with Crippen LogP contribution in [0.2, 0.25) is 0 Å². The van der Waals surface area contributed by atoms with Gasteiger partial charge in [-0.2, -0.15) is 0 Å². The maximum absolute atomic E-state index is 10.5. The molecular formula is C22H26N4O2. The summed E-state index contributed by atoms with van der Waals surface area (Å²) in [5.74, 6) is 1.16. The maximum atomic E-state index is 10.5. The van der Waals surface area contributed by atoms with Crippen molar-refractivity contribution < 1.29 is 9.84 Å². The first kappa shape index (κ1) is 18.7. The minimum atomic E-state index is -0.303. The Morgan fingerprint density at radius 2 is 1.89 bits per heavy atom. The number of likely N-dealkylation sites (tertiary alicyclic amines) is 1. The highest BCUT2D eigenvalue weighted by Crippen LogP contribution is 2.26. The molecule has 0 saturated carbocycles. The van der Waals surface area contributed by atoms with Crippen LogP contribution in [0.15, 0.2) is 67.5 Å². The molecule has 1 saturated heterocycles. The number of hydrogen-bond donors (Lipinski definition) is 1. The van der Waals surface area contributed by atoms with Crippen LogP contribution in [0.1, 0.15) is 11.1 Å². The van der Waals surface area contributed by atoms with Crippen LogP contribution in [0, 0.1) is 5.92 Å². The van der Waals surface area contributed by atoms with Gasteiger partial charge in [-0.25, -0.2) is 4.98 Å². The number of ether oxygens (including phenoxy) is 1. The van der Waals surface area contributed by atoms with Crippen molar-refractivity contribution >= 4 is 0 Å². The molecular weight excluding hydrogens is 352 g/mol. The summed E-state index contributed by atoms with van der Waals surface area (Å²) in [6.07, 6.45) is 9.70. The van der Waals surface area contributed by atoms with Crippen LogP contribution in [0.3, 0.4) is 0 Å². The number of aromatic nitrogens is 3. The molecule has 0 bridgehead atoms. The molecule has 1 aromatic carbocycles. The molecule has 146 valence electrons. The first-order chi connectivity index (χ1) is 13.8. The van der Waals surface area contributed by atoms with Crippen LogP contribution in [-0.2, 0) is 19.5 Å². The Bertz CT molecular complexity index is 854. The van der Waals surface area contributed by atoms with Gasteiger partial charge in [-0.15, -0.1) is 0 Å². The molecule has 28 heavy (non-hydrogen) atoms. The lowest BCUT2D eigenvalue weighted by molar-refractivity contribution is 0.141. The number of aliphatic hydroxyl groups is 1. The number of para-hydroxylation sites is 1. The summed E-state index contributed by atoms with van der Waals surface area (Å²) in [7, 11) is 0. The number of imidazole rings is 1. The molecule has 6 heteroatoms. The summed E-state index contributed by atoms with van der Waals surface area (Å²) in [5, 5.41) is 10.5. The highest BCUT2D eigenvalue weighted by Gasteiger charge is 2.31. The van der Waals surface area contributed by atoms with Crippen molar-refractivity contribution in [3.8, 4) is 5.75 Å². The maximum Gasteiger partial charge on any atom is 0.123 e. The molecule has 2 atom stereocenters. The van der Waals surface area contributed by atoms with Crippen molar-refractivity contribution in [3.63, 3.8) is 0 Å². The van der Waals surface area contributed by atoms with E-state index in [0.717, 1.165) is 37.4 Å². The number of rotatable bonds is 8. The highest BCUT2D eigenvalue weighted by molar-refractivity contribution is 5.33. The van der Waals surface area contributed by atoms with E-state index < -0.39 is 0 Å². The van der Waals surface area contributed by atoms with Gasteiger partial charge in [0.05, 0.1) is 19.0 Å². The van der Waals surface area contributed by atoms with Gasteiger partial charge in [-0.3, -0.25) is 9.88 Å². The van der Waals surface area contributed by atoms with E-state index in [1.54, 1.807) is 12.5 Å². The van der Waals surface area contributed by atoms with Crippen molar-refractivity contribution in [2.24, 2.45) is 5.92 Å². The lowest BCUT2D eigenvalue weighted by Crippen LogP contribution is -2.22. The third-order valence-corrected chi connectivity index (χ3v) is 5.26. The molecule has 0 aliphatic carbocycles. The molecule has 2 aromatic heterocycles. The van der Waals surface area contributed by atoms with Gasteiger partial charge in [0.1, 0.15) is 12.4 Å². The third-order valence-electron chi connectivity index (χ3n) is 5.26. The van der Waals surface area contributed by atoms with E-state index in [1.165, 1.54) is 5.56 Å². The number of nitrogens with zero attached hydrogens (tertiary/aromatic N) is 4. The van der Waals surface area contributed by atoms with E-state index in [1.807, 2.05) is 53.5 Å². The predicted octanol–water partition coefficient (Wildman–Crippen LogP) is 2.39. The Labute approximate surface area is 165 Å². The third kappa shape index (κ3) is 4.77. The second-order valence-corrected chi connectivity index (χ2v) is 7.34. The quantitative estimate of drug-likeness (QED) is 0.652. The average Bonchev–Trinajstić information content (AvgIpc) is 3.34. The van der Waals surface area contributed by atoms with Crippen LogP contribution in [-0.4, -0.2) is 50.3 Å². The Hall–Kier alpha value is -2.70. The molecule has 3 aromatic rings. The van der Waals surface area contributed by atoms with Crippen LogP contribution >= 0.6 is 0 Å². The zero-order chi connectivity index (χ0) is 19.2. The predicted molar refractivity (Wildman–Crippen MR) is 107 cm³/mol. The monoisotopic (exact) mass is 378 g/mol. The summed E-state index contributed by atoms with van der Waals surface area (Å²) in [4.78, 5) is 10.4. The first-order valence-corrected chi connectivity index (χ1v) is 9.73. The van der Waals surface area contributed by atoms with Gasteiger partial charge in [-0.1, -0.05) is 18.2 Å². The molecule has 1 aliphatic rings. The van der Waals surface area contributed by atoms with Gasteiger partial charge in [0, 0.05) is 55.9 Å². The summed E-state index contributed by atoms with van der Waals surface area (Å²) < 4.78 is 8.03. The molecule has 3 heterocycles. The van der Waals surface area contributed by atoms with Crippen molar-refractivity contribution in [2.45, 2.75) is 25.6 Å². The Kier molecular flexibility index (Phi) is 5.99. The number of pyridine rings is 1. The Morgan fingerprint density at radius 1 is 1.04 bits per heavy atom. The molecule has 1 aliphatic heterocycles. The van der Waals surface area contributed by atoms with Crippen LogP contribution in [0.4, 0.5) is 0 Å². The normalized spacial score (nSPS) is 19.8. The molecule has 0 amide bonds. The molecule has 1 N–H and O–H groups in total. The molecule has 6 nitrogen and oxygen atoms in total. The summed E-state index contributed by atoms with van der Waals surface area (Å²) in [6, 6.07) is 12.2. The minimum absolute atomic E-state index is 0.247. The summed E-state index contributed by atoms with van der Waals surface area (Å²) in [5.41, 5.74) is 2.38. The minimum Gasteiger partial charge on any atom is -0.491 e. The fourth-order valence-corrected chi connectivity index (χ4v) is 3.79. The van der Waals surface area contributed by atoms with Gasteiger partial charge >= 0.3 is 0 Å². The molecule has 0 radical (unpaired) electrons. The van der Waals surface area contributed by atoms with E-state index in [2.05, 4.69) is 20.9 Å². The number of β-amino-alcohol motifs (C(OH)–C–C–N with tert-alkyl or cyclic N) is 1. The lowest BCUT2D eigenvalue weighted by atomic mass is 9.97. The number of benzene rings is 1. The SMILES string of the molecule is O[C@@H]1CN(Cc2ccccc2OCCn2ccnc2)C[C@H]1Cc1ccncc1. The van der Waals surface area contributed by atoms with Crippen molar-refractivity contribution in [1.29, 1.82) is 0 Å². The second kappa shape index (κ2) is 8.99. The summed E-state index contributed by atoms with van der Waals surface area (Å²) >= 11 is 0. The zero-order valence-corrected chi connectivity index (χ0v) is 15.9. The van der Waals surface area contributed by atoms with Gasteiger partial charge in [0.25, 0.3) is 0 Å². The van der Waals surface area contributed by atoms with E-state index in [4.69, 9.17) is 4.74 Å². The van der Waals surface area contributed by atoms with E-state index in [9.17, 15) is 5.11 Å². The highest BCUT2D eigenvalue weighted by atomic mass is 16.5. The van der Waals surface area contributed by atoms with Gasteiger partial charge in [0.15, 0.2) is 0 Å². The van der Waals surface area contributed by atoms with Crippen molar-refractivity contribution in [1.82, 2.24) is 19.4 Å². The topological polar surface area (TPSA) is 63.4 Å². The van der Waals surface area contributed by atoms with E-state index >= 15 is 0 Å². The Balaban J connectivity index is 1.34.